The van der Waals surface area contributed by atoms with E-state index in [1.165, 1.54) is 0 Å². The monoisotopic (exact) mass is 193 g/mol. The molecule has 78 valence electrons. The third-order valence-corrected chi connectivity index (χ3v) is 2.09. The Morgan fingerprint density at radius 1 is 1.08 bits per heavy atom. The van der Waals surface area contributed by atoms with Gasteiger partial charge in [0.15, 0.2) is 6.29 Å². The second kappa shape index (κ2) is 4.32. The van der Waals surface area contributed by atoms with Crippen LogP contribution in [0.2, 0.25) is 0 Å². The molecule has 1 rings (SSSR count). The van der Waals surface area contributed by atoms with E-state index in [9.17, 15) is 10.2 Å². The lowest BCUT2D eigenvalue weighted by Crippen LogP contribution is -2.59. The van der Waals surface area contributed by atoms with Gasteiger partial charge in [-0.15, -0.1) is 0 Å². The smallest absolute Gasteiger partial charge is 0.184 e. The van der Waals surface area contributed by atoms with E-state index in [-0.39, 0.29) is 0 Å². The lowest BCUT2D eigenvalue weighted by Gasteiger charge is -2.38. The maximum Gasteiger partial charge on any atom is 0.184 e. The van der Waals surface area contributed by atoms with Crippen molar-refractivity contribution < 1.29 is 25.2 Å². The molecule has 1 aliphatic rings. The zero-order valence-electron chi connectivity index (χ0n) is 7.29. The zero-order valence-corrected chi connectivity index (χ0v) is 7.29. The Bertz CT molecular complexity index is 167. The fraction of sp³-hybridized carbons (Fsp3) is 1.00. The summed E-state index contributed by atoms with van der Waals surface area (Å²) < 4.78 is 4.85. The summed E-state index contributed by atoms with van der Waals surface area (Å²) in [7, 11) is 1.65. The summed E-state index contributed by atoms with van der Waals surface area (Å²) in [4.78, 5) is 0. The molecule has 0 amide bonds. The predicted octanol–water partition coefficient (Wildman–Crippen LogP) is -2.99. The molecule has 0 saturated carbocycles. The minimum Gasteiger partial charge on any atom is -0.388 e. The summed E-state index contributed by atoms with van der Waals surface area (Å²) in [5, 5.41) is 39.5. The molecule has 0 radical (unpaired) electrons. The normalized spacial score (nSPS) is 46.4. The summed E-state index contributed by atoms with van der Waals surface area (Å²) in [5.41, 5.74) is 0. The van der Waals surface area contributed by atoms with E-state index in [4.69, 9.17) is 14.9 Å². The predicted molar refractivity (Wildman–Crippen MR) is 42.8 cm³/mol. The molecule has 1 heterocycles. The van der Waals surface area contributed by atoms with Crippen molar-refractivity contribution in [1.82, 2.24) is 5.32 Å². The number of likely N-dealkylation sites (N-methyl/N-ethyl adjacent to an activating group) is 1. The second-order valence-electron chi connectivity index (χ2n) is 3.09. The Morgan fingerprint density at radius 2 is 1.69 bits per heavy atom. The molecule has 0 aromatic heterocycles. The fourth-order valence-corrected chi connectivity index (χ4v) is 1.30. The van der Waals surface area contributed by atoms with Crippen molar-refractivity contribution in [2.24, 2.45) is 0 Å². The minimum atomic E-state index is -1.46. The summed E-state index contributed by atoms with van der Waals surface area (Å²) in [5.74, 6) is 0. The molecular weight excluding hydrogens is 178 g/mol. The van der Waals surface area contributed by atoms with Gasteiger partial charge < -0.3 is 30.5 Å². The van der Waals surface area contributed by atoms with Crippen LogP contribution in [0.15, 0.2) is 0 Å². The van der Waals surface area contributed by atoms with Gasteiger partial charge in [-0.2, -0.15) is 0 Å². The number of aliphatic hydroxyl groups is 4. The average molecular weight is 193 g/mol. The van der Waals surface area contributed by atoms with Crippen LogP contribution in [0, 0.1) is 0 Å². The first-order valence-corrected chi connectivity index (χ1v) is 4.10. The van der Waals surface area contributed by atoms with Gasteiger partial charge in [0.1, 0.15) is 24.4 Å². The topological polar surface area (TPSA) is 102 Å². The van der Waals surface area contributed by atoms with Crippen molar-refractivity contribution in [3.05, 3.63) is 0 Å². The van der Waals surface area contributed by atoms with Crippen molar-refractivity contribution in [3.8, 4) is 0 Å². The van der Waals surface area contributed by atoms with Crippen molar-refractivity contribution in [1.29, 1.82) is 0 Å². The fourth-order valence-electron chi connectivity index (χ4n) is 1.30. The van der Waals surface area contributed by atoms with Crippen molar-refractivity contribution >= 4 is 0 Å². The van der Waals surface area contributed by atoms with Crippen molar-refractivity contribution in [3.63, 3.8) is 0 Å². The van der Waals surface area contributed by atoms with Crippen molar-refractivity contribution in [2.45, 2.75) is 30.7 Å². The van der Waals surface area contributed by atoms with Gasteiger partial charge in [0, 0.05) is 6.54 Å². The van der Waals surface area contributed by atoms with Gasteiger partial charge >= 0.3 is 0 Å². The molecule has 5 atom stereocenters. The largest absolute Gasteiger partial charge is 0.388 e. The van der Waals surface area contributed by atoms with Gasteiger partial charge in [-0.1, -0.05) is 0 Å². The van der Waals surface area contributed by atoms with Gasteiger partial charge in [0.2, 0.25) is 0 Å². The highest BCUT2D eigenvalue weighted by Gasteiger charge is 2.42. The molecule has 0 bridgehead atoms. The van der Waals surface area contributed by atoms with Crippen LogP contribution in [0.5, 0.6) is 0 Å². The molecule has 0 aliphatic carbocycles. The Kier molecular flexibility index (Phi) is 3.60. The zero-order chi connectivity index (χ0) is 10.0. The molecule has 5 N–H and O–H groups in total. The van der Waals surface area contributed by atoms with Crippen LogP contribution in [0.25, 0.3) is 0 Å². The molecule has 0 aromatic carbocycles. The van der Waals surface area contributed by atoms with Crippen LogP contribution in [-0.4, -0.2) is 64.7 Å². The van der Waals surface area contributed by atoms with Crippen LogP contribution in [-0.2, 0) is 4.74 Å². The summed E-state index contributed by atoms with van der Waals surface area (Å²) in [6.07, 6.45) is -6.17. The summed E-state index contributed by atoms with van der Waals surface area (Å²) in [6.45, 7) is 0.294. The quantitative estimate of drug-likeness (QED) is 0.320. The molecule has 1 aliphatic heterocycles. The minimum absolute atomic E-state index is 0.294. The van der Waals surface area contributed by atoms with Crippen LogP contribution in [0.3, 0.4) is 0 Å². The average Bonchev–Trinajstić information content (AvgIpc) is 2.11. The van der Waals surface area contributed by atoms with Crippen LogP contribution in [0.4, 0.5) is 0 Å². The van der Waals surface area contributed by atoms with E-state index >= 15 is 0 Å². The first-order valence-electron chi connectivity index (χ1n) is 4.10. The van der Waals surface area contributed by atoms with Gasteiger partial charge in [-0.25, -0.2) is 0 Å². The van der Waals surface area contributed by atoms with Gasteiger partial charge in [0.05, 0.1) is 0 Å². The number of rotatable bonds is 2. The van der Waals surface area contributed by atoms with Crippen LogP contribution in [0.1, 0.15) is 0 Å². The molecule has 0 spiro atoms. The molecule has 0 unspecified atom stereocenters. The van der Waals surface area contributed by atoms with Crippen LogP contribution < -0.4 is 5.32 Å². The highest BCUT2D eigenvalue weighted by Crippen LogP contribution is 2.18. The first-order chi connectivity index (χ1) is 6.07. The number of hydrogen-bond donors (Lipinski definition) is 5. The number of hydrogen-bond acceptors (Lipinski definition) is 6. The molecule has 1 saturated heterocycles. The van der Waals surface area contributed by atoms with E-state index in [1.54, 1.807) is 7.05 Å². The standard InChI is InChI=1S/C7H15NO5/c1-8-2-3-4(9)5(10)6(11)7(12)13-3/h3-12H,2H2,1H3/t3-,4+,5+,6-,7+/m1/s1. The molecular formula is C7H15NO5. The molecule has 1 fully saturated rings. The Morgan fingerprint density at radius 3 is 2.23 bits per heavy atom. The van der Waals surface area contributed by atoms with Crippen molar-refractivity contribution in [2.75, 3.05) is 13.6 Å². The van der Waals surface area contributed by atoms with E-state index in [2.05, 4.69) is 5.32 Å². The van der Waals surface area contributed by atoms with E-state index in [0.717, 1.165) is 0 Å². The van der Waals surface area contributed by atoms with Gasteiger partial charge in [0.25, 0.3) is 0 Å². The third-order valence-electron chi connectivity index (χ3n) is 2.09. The maximum absolute atomic E-state index is 9.37. The van der Waals surface area contributed by atoms with Gasteiger partial charge in [-0.3, -0.25) is 0 Å². The Balaban J connectivity index is 2.59. The number of aliphatic hydroxyl groups excluding tert-OH is 4. The Labute approximate surface area is 75.8 Å². The molecule has 6 nitrogen and oxygen atoms in total. The van der Waals surface area contributed by atoms with E-state index in [1.807, 2.05) is 0 Å². The van der Waals surface area contributed by atoms with Crippen LogP contribution >= 0.6 is 0 Å². The SMILES string of the molecule is CNC[C@H]1O[C@H](O)[C@H](O)[C@@H](O)[C@H]1O. The maximum atomic E-state index is 9.37. The lowest BCUT2D eigenvalue weighted by molar-refractivity contribution is -0.280. The van der Waals surface area contributed by atoms with Gasteiger partial charge in [-0.05, 0) is 7.05 Å². The Hall–Kier alpha value is -0.240. The van der Waals surface area contributed by atoms with E-state index in [0.29, 0.717) is 6.54 Å². The number of nitrogens with one attached hydrogen (secondary N) is 1. The second-order valence-corrected chi connectivity index (χ2v) is 3.09. The first kappa shape index (κ1) is 10.8. The highest BCUT2D eigenvalue weighted by atomic mass is 16.6. The molecule has 6 heteroatoms. The molecule has 13 heavy (non-hydrogen) atoms. The summed E-state index contributed by atoms with van der Waals surface area (Å²) >= 11 is 0. The van der Waals surface area contributed by atoms with E-state index < -0.39 is 30.7 Å². The third kappa shape index (κ3) is 2.16. The molecule has 0 aromatic rings. The highest BCUT2D eigenvalue weighted by molar-refractivity contribution is 4.89. The lowest BCUT2D eigenvalue weighted by atomic mass is 9.99. The number of ether oxygens (including phenoxy) is 1. The summed E-state index contributed by atoms with van der Waals surface area (Å²) in [6, 6.07) is 0.